The second kappa shape index (κ2) is 10.9. The van der Waals surface area contributed by atoms with Gasteiger partial charge in [0.05, 0.1) is 15.9 Å². The van der Waals surface area contributed by atoms with Crippen LogP contribution in [0.1, 0.15) is 17.2 Å². The molecule has 0 bridgehead atoms. The quantitative estimate of drug-likeness (QED) is 0.326. The first kappa shape index (κ1) is 26.6. The van der Waals surface area contributed by atoms with Gasteiger partial charge in [-0.25, -0.2) is 18.4 Å². The highest BCUT2D eigenvalue weighted by molar-refractivity contribution is 7.92. The lowest BCUT2D eigenvalue weighted by Gasteiger charge is -2.22. The first-order chi connectivity index (χ1) is 18.0. The number of carboxylic acid groups (broad SMARTS) is 1. The molecule has 2 N–H and O–H groups in total. The maximum absolute atomic E-state index is 13.9. The van der Waals surface area contributed by atoms with Crippen molar-refractivity contribution in [1.82, 2.24) is 20.3 Å². The van der Waals surface area contributed by atoms with Gasteiger partial charge in [-0.2, -0.15) is 13.2 Å². The van der Waals surface area contributed by atoms with Crippen LogP contribution in [0.4, 0.5) is 23.8 Å². The minimum atomic E-state index is -4.88. The van der Waals surface area contributed by atoms with Gasteiger partial charge in [0, 0.05) is 24.5 Å². The molecule has 0 saturated carbocycles. The van der Waals surface area contributed by atoms with Crippen molar-refractivity contribution in [2.75, 3.05) is 11.3 Å². The number of ether oxygens (including phenoxy) is 1. The lowest BCUT2D eigenvalue weighted by Crippen LogP contribution is -2.37. The summed E-state index contributed by atoms with van der Waals surface area (Å²) < 4.78 is 75.4. The molecular weight excluding hydrogens is 527 g/mol. The predicted octanol–water partition coefficient (Wildman–Crippen LogP) is 2.98. The number of para-hydroxylation sites is 2. The fraction of sp³-hybridized carbons (Fsp3) is 0.167. The van der Waals surface area contributed by atoms with E-state index >= 15 is 0 Å². The average molecular weight is 547 g/mol. The van der Waals surface area contributed by atoms with Crippen molar-refractivity contribution < 1.29 is 36.2 Å². The van der Waals surface area contributed by atoms with Crippen molar-refractivity contribution in [2.24, 2.45) is 0 Å². The number of hydrogen-bond acceptors (Lipinski definition) is 8. The van der Waals surface area contributed by atoms with E-state index in [0.29, 0.717) is 5.56 Å². The first-order valence-corrected chi connectivity index (χ1v) is 12.5. The number of nitrogens with zero attached hydrogens (tertiary/aromatic N) is 3. The van der Waals surface area contributed by atoms with E-state index in [-0.39, 0.29) is 34.5 Å². The lowest BCUT2D eigenvalue weighted by molar-refractivity contribution is -0.250. The van der Waals surface area contributed by atoms with Crippen LogP contribution in [-0.4, -0.2) is 42.2 Å². The van der Waals surface area contributed by atoms with Gasteiger partial charge in [-0.3, -0.25) is 9.71 Å². The number of aromatic nitrogens is 3. The number of halogens is 3. The number of sulfonamides is 1. The zero-order valence-electron chi connectivity index (χ0n) is 19.3. The average Bonchev–Trinajstić information content (AvgIpc) is 2.87. The molecule has 38 heavy (non-hydrogen) atoms. The summed E-state index contributed by atoms with van der Waals surface area (Å²) in [6.45, 7) is 0.0668. The summed E-state index contributed by atoms with van der Waals surface area (Å²) in [5.41, 5.74) is 0.731. The van der Waals surface area contributed by atoms with Crippen LogP contribution < -0.4 is 19.9 Å². The molecule has 4 rings (SSSR count). The fourth-order valence-corrected chi connectivity index (χ4v) is 4.43. The normalized spacial score (nSPS) is 12.6. The van der Waals surface area contributed by atoms with Gasteiger partial charge in [-0.1, -0.05) is 30.3 Å². The SMILES string of the molecule is O=C([O-])NCCc1ccc(S(=O)(=O)Nc2nc3ccccc3nc2OC(c2cccnc2)C(F)(F)F)cc1. The van der Waals surface area contributed by atoms with Crippen LogP contribution >= 0.6 is 0 Å². The molecule has 14 heteroatoms. The molecule has 0 saturated heterocycles. The number of rotatable bonds is 9. The number of amides is 1. The molecule has 2 heterocycles. The maximum Gasteiger partial charge on any atom is 0.429 e. The van der Waals surface area contributed by atoms with E-state index < -0.39 is 40.1 Å². The lowest BCUT2D eigenvalue weighted by atomic mass is 10.1. The molecule has 10 nitrogen and oxygen atoms in total. The third kappa shape index (κ3) is 6.45. The van der Waals surface area contributed by atoms with Crippen LogP contribution in [0.15, 0.2) is 78.0 Å². The van der Waals surface area contributed by atoms with Crippen LogP contribution in [0.5, 0.6) is 5.88 Å². The van der Waals surface area contributed by atoms with Gasteiger partial charge < -0.3 is 20.0 Å². The van der Waals surface area contributed by atoms with Gasteiger partial charge in [-0.05, 0) is 42.3 Å². The molecule has 0 fully saturated rings. The first-order valence-electron chi connectivity index (χ1n) is 11.0. The number of nitrogens with one attached hydrogen (secondary N) is 2. The summed E-state index contributed by atoms with van der Waals surface area (Å²) in [6.07, 6.45) is -6.24. The van der Waals surface area contributed by atoms with E-state index in [9.17, 15) is 31.5 Å². The summed E-state index contributed by atoms with van der Waals surface area (Å²) >= 11 is 0. The molecule has 0 aliphatic rings. The van der Waals surface area contributed by atoms with E-state index in [4.69, 9.17) is 4.74 Å². The fourth-order valence-electron chi connectivity index (χ4n) is 3.43. The smallest absolute Gasteiger partial charge is 0.429 e. The Balaban J connectivity index is 1.67. The van der Waals surface area contributed by atoms with Crippen molar-refractivity contribution in [3.05, 3.63) is 84.2 Å². The van der Waals surface area contributed by atoms with Crippen molar-refractivity contribution in [2.45, 2.75) is 23.6 Å². The van der Waals surface area contributed by atoms with Gasteiger partial charge >= 0.3 is 6.18 Å². The second-order valence-electron chi connectivity index (χ2n) is 7.91. The molecule has 0 spiro atoms. The summed E-state index contributed by atoms with van der Waals surface area (Å²) in [5, 5.41) is 12.6. The molecule has 1 unspecified atom stereocenters. The Morgan fingerprint density at radius 2 is 1.68 bits per heavy atom. The Morgan fingerprint density at radius 3 is 2.29 bits per heavy atom. The highest BCUT2D eigenvalue weighted by Gasteiger charge is 2.44. The third-order valence-electron chi connectivity index (χ3n) is 5.20. The van der Waals surface area contributed by atoms with Crippen molar-refractivity contribution in [3.63, 3.8) is 0 Å². The Morgan fingerprint density at radius 1 is 1.00 bits per heavy atom. The molecule has 2 aromatic carbocycles. The van der Waals surface area contributed by atoms with E-state index in [0.717, 1.165) is 6.20 Å². The number of alkyl halides is 3. The number of fused-ring (bicyclic) bond motifs is 1. The van der Waals surface area contributed by atoms with E-state index in [1.807, 2.05) is 0 Å². The zero-order valence-corrected chi connectivity index (χ0v) is 20.2. The summed E-state index contributed by atoms with van der Waals surface area (Å²) in [6, 6.07) is 14.2. The molecule has 1 amide bonds. The van der Waals surface area contributed by atoms with Crippen molar-refractivity contribution in [3.8, 4) is 5.88 Å². The molecule has 4 aromatic rings. The minimum Gasteiger partial charge on any atom is -0.530 e. The molecule has 2 aromatic heterocycles. The molecule has 0 radical (unpaired) electrons. The van der Waals surface area contributed by atoms with Crippen LogP contribution in [0, 0.1) is 0 Å². The number of carbonyl (C=O) groups is 1. The van der Waals surface area contributed by atoms with E-state index in [1.54, 1.807) is 12.1 Å². The second-order valence-corrected chi connectivity index (χ2v) is 9.59. The molecular formula is C24H19F3N5O5S-. The monoisotopic (exact) mass is 546 g/mol. The highest BCUT2D eigenvalue weighted by Crippen LogP contribution is 2.38. The topological polar surface area (TPSA) is 146 Å². The number of pyridine rings is 1. The van der Waals surface area contributed by atoms with Crippen LogP contribution in [-0.2, 0) is 16.4 Å². The van der Waals surface area contributed by atoms with Crippen LogP contribution in [0.2, 0.25) is 0 Å². The summed E-state index contributed by atoms with van der Waals surface area (Å²) in [4.78, 5) is 22.2. The Kier molecular flexibility index (Phi) is 7.62. The Hall–Kier alpha value is -4.46. The van der Waals surface area contributed by atoms with Crippen LogP contribution in [0.25, 0.3) is 11.0 Å². The van der Waals surface area contributed by atoms with E-state index in [1.165, 1.54) is 54.7 Å². The van der Waals surface area contributed by atoms with Crippen molar-refractivity contribution in [1.29, 1.82) is 0 Å². The van der Waals surface area contributed by atoms with Crippen LogP contribution in [0.3, 0.4) is 0 Å². The molecule has 0 aliphatic carbocycles. The molecule has 0 aliphatic heterocycles. The van der Waals surface area contributed by atoms with Gasteiger partial charge in [0.15, 0.2) is 0 Å². The Bertz CT molecular complexity index is 1540. The number of benzene rings is 2. The third-order valence-corrected chi connectivity index (χ3v) is 6.56. The molecule has 1 atom stereocenters. The Labute approximate surface area is 214 Å². The largest absolute Gasteiger partial charge is 0.530 e. The van der Waals surface area contributed by atoms with Crippen molar-refractivity contribution >= 4 is 33.0 Å². The van der Waals surface area contributed by atoms with Gasteiger partial charge in [-0.15, -0.1) is 0 Å². The maximum atomic E-state index is 13.9. The zero-order chi connectivity index (χ0) is 27.3. The standard InChI is InChI=1S/C24H20F3N5O5S/c25-24(26,27)20(16-4-3-12-28-14-16)37-22-21(30-18-5-1-2-6-19(18)31-22)32-38(35,36)17-9-7-15(8-10-17)11-13-29-23(33)34/h1-10,12,14,20,29H,11,13H2,(H,30,32)(H,33,34)/p-1. The van der Waals surface area contributed by atoms with Gasteiger partial charge in [0.25, 0.3) is 15.9 Å². The molecule has 198 valence electrons. The van der Waals surface area contributed by atoms with Gasteiger partial charge in [0.1, 0.15) is 6.09 Å². The summed E-state index contributed by atoms with van der Waals surface area (Å²) in [7, 11) is -4.34. The summed E-state index contributed by atoms with van der Waals surface area (Å²) in [5.74, 6) is -1.22. The van der Waals surface area contributed by atoms with E-state index in [2.05, 4.69) is 25.0 Å². The van der Waals surface area contributed by atoms with Gasteiger partial charge in [0.2, 0.25) is 11.9 Å². The number of hydrogen-bond donors (Lipinski definition) is 2. The number of carbonyl (C=O) groups excluding carboxylic acids is 1. The predicted molar refractivity (Wildman–Crippen MR) is 128 cm³/mol. The number of anilines is 1. The highest BCUT2D eigenvalue weighted by atomic mass is 32.2. The minimum absolute atomic E-state index is 0.0668.